The standard InChI is InChI=1S/C9H11BrO/c1-2-11-9-5(10)3-4-6-7(4)8(6)9/h3-4,6-9H,2H2,1H3/t4?,6-,7?,8?,9+/m1/s1. The molecule has 0 saturated heterocycles. The maximum atomic E-state index is 5.65. The summed E-state index contributed by atoms with van der Waals surface area (Å²) in [7, 11) is 0. The molecule has 1 nitrogen and oxygen atoms in total. The minimum absolute atomic E-state index is 0.417. The van der Waals surface area contributed by atoms with Gasteiger partial charge in [-0.1, -0.05) is 22.0 Å². The molecule has 0 radical (unpaired) electrons. The van der Waals surface area contributed by atoms with Gasteiger partial charge in [-0.15, -0.1) is 0 Å². The average molecular weight is 215 g/mol. The monoisotopic (exact) mass is 214 g/mol. The van der Waals surface area contributed by atoms with Crippen molar-refractivity contribution in [3.8, 4) is 0 Å². The first-order chi connectivity index (χ1) is 5.34. The van der Waals surface area contributed by atoms with E-state index >= 15 is 0 Å². The maximum Gasteiger partial charge on any atom is 0.0920 e. The van der Waals surface area contributed by atoms with Crippen LogP contribution >= 0.6 is 15.9 Å². The van der Waals surface area contributed by atoms with Crippen molar-refractivity contribution in [1.29, 1.82) is 0 Å². The van der Waals surface area contributed by atoms with E-state index in [1.54, 1.807) is 0 Å². The van der Waals surface area contributed by atoms with Crippen molar-refractivity contribution in [3.05, 3.63) is 10.6 Å². The summed E-state index contributed by atoms with van der Waals surface area (Å²) >= 11 is 3.58. The number of halogens is 1. The van der Waals surface area contributed by atoms with Crippen LogP contribution in [0, 0.1) is 23.7 Å². The molecule has 2 heteroatoms. The fraction of sp³-hybridized carbons (Fsp3) is 0.778. The Kier molecular flexibility index (Phi) is 1.16. The number of hydrogen-bond acceptors (Lipinski definition) is 1. The van der Waals surface area contributed by atoms with Gasteiger partial charge in [-0.2, -0.15) is 0 Å². The molecule has 4 rings (SSSR count). The lowest BCUT2D eigenvalue weighted by Gasteiger charge is -2.26. The van der Waals surface area contributed by atoms with Gasteiger partial charge in [0, 0.05) is 11.1 Å². The van der Waals surface area contributed by atoms with Crippen molar-refractivity contribution in [3.63, 3.8) is 0 Å². The molecule has 0 spiro atoms. The van der Waals surface area contributed by atoms with Crippen LogP contribution in [-0.4, -0.2) is 12.7 Å². The minimum Gasteiger partial charge on any atom is -0.373 e. The van der Waals surface area contributed by atoms with Crippen LogP contribution < -0.4 is 0 Å². The van der Waals surface area contributed by atoms with Gasteiger partial charge in [0.2, 0.25) is 0 Å². The maximum absolute atomic E-state index is 5.65. The molecule has 5 atom stereocenters. The van der Waals surface area contributed by atoms with Crippen LogP contribution in [0.3, 0.4) is 0 Å². The Morgan fingerprint density at radius 2 is 2.18 bits per heavy atom. The summed E-state index contributed by atoms with van der Waals surface area (Å²) < 4.78 is 6.96. The second-order valence-corrected chi connectivity index (χ2v) is 4.65. The molecule has 0 amide bonds. The van der Waals surface area contributed by atoms with Gasteiger partial charge in [0.1, 0.15) is 0 Å². The predicted octanol–water partition coefficient (Wildman–Crippen LogP) is 2.18. The molecule has 11 heavy (non-hydrogen) atoms. The van der Waals surface area contributed by atoms with E-state index < -0.39 is 0 Å². The van der Waals surface area contributed by atoms with E-state index in [9.17, 15) is 0 Å². The van der Waals surface area contributed by atoms with Gasteiger partial charge in [-0.05, 0) is 30.6 Å². The van der Waals surface area contributed by atoms with E-state index in [1.165, 1.54) is 4.48 Å². The highest BCUT2D eigenvalue weighted by atomic mass is 79.9. The number of hydrogen-bond donors (Lipinski definition) is 0. The van der Waals surface area contributed by atoms with Crippen molar-refractivity contribution in [2.45, 2.75) is 13.0 Å². The molecule has 0 N–H and O–H groups in total. The predicted molar refractivity (Wildman–Crippen MR) is 46.4 cm³/mol. The first-order valence-corrected chi connectivity index (χ1v) is 5.12. The zero-order valence-electron chi connectivity index (χ0n) is 6.46. The lowest BCUT2D eigenvalue weighted by molar-refractivity contribution is 0.0552. The van der Waals surface area contributed by atoms with Crippen LogP contribution in [0.25, 0.3) is 0 Å². The van der Waals surface area contributed by atoms with Crippen LogP contribution in [0.5, 0.6) is 0 Å². The largest absolute Gasteiger partial charge is 0.373 e. The minimum atomic E-state index is 0.417. The van der Waals surface area contributed by atoms with Crippen molar-refractivity contribution >= 4 is 15.9 Å². The Balaban J connectivity index is 1.82. The zero-order valence-corrected chi connectivity index (χ0v) is 8.04. The average Bonchev–Trinajstić information content (AvgIpc) is 2.81. The molecule has 0 aromatic heterocycles. The topological polar surface area (TPSA) is 9.23 Å². The smallest absolute Gasteiger partial charge is 0.0920 e. The number of ether oxygens (including phenoxy) is 1. The van der Waals surface area contributed by atoms with Gasteiger partial charge in [-0.3, -0.25) is 0 Å². The van der Waals surface area contributed by atoms with Gasteiger partial charge in [-0.25, -0.2) is 0 Å². The number of rotatable bonds is 2. The Morgan fingerprint density at radius 1 is 1.45 bits per heavy atom. The summed E-state index contributed by atoms with van der Waals surface area (Å²) in [4.78, 5) is 0. The normalized spacial score (nSPS) is 56.5. The van der Waals surface area contributed by atoms with Crippen LogP contribution in [0.4, 0.5) is 0 Å². The van der Waals surface area contributed by atoms with Crippen molar-refractivity contribution < 1.29 is 4.74 Å². The SMILES string of the molecule is CCO[C@H]1C(Br)=CC2C3C1[C@H]23. The Labute approximate surface area is 74.9 Å². The van der Waals surface area contributed by atoms with Gasteiger partial charge in [0.05, 0.1) is 6.10 Å². The van der Waals surface area contributed by atoms with Gasteiger partial charge in [0.15, 0.2) is 0 Å². The Bertz CT molecular complexity index is 226. The highest BCUT2D eigenvalue weighted by Gasteiger charge is 2.76. The van der Waals surface area contributed by atoms with E-state index in [4.69, 9.17) is 4.74 Å². The highest BCUT2D eigenvalue weighted by molar-refractivity contribution is 9.11. The molecular weight excluding hydrogens is 204 g/mol. The molecule has 2 bridgehead atoms. The first-order valence-electron chi connectivity index (χ1n) is 4.33. The molecule has 60 valence electrons. The van der Waals surface area contributed by atoms with Crippen molar-refractivity contribution in [2.75, 3.05) is 6.61 Å². The molecule has 3 unspecified atom stereocenters. The summed E-state index contributed by atoms with van der Waals surface area (Å²) in [5, 5.41) is 0. The highest BCUT2D eigenvalue weighted by Crippen LogP contribution is 2.78. The number of allylic oxidation sites excluding steroid dienone is 1. The second-order valence-electron chi connectivity index (χ2n) is 3.74. The molecule has 0 aliphatic heterocycles. The molecule has 0 heterocycles. The van der Waals surface area contributed by atoms with Gasteiger partial charge in [0.25, 0.3) is 0 Å². The fourth-order valence-corrected chi connectivity index (χ4v) is 3.34. The Hall–Kier alpha value is 0.180. The molecule has 0 aromatic carbocycles. The van der Waals surface area contributed by atoms with Crippen LogP contribution in [0.15, 0.2) is 10.6 Å². The zero-order chi connectivity index (χ0) is 7.59. The lowest BCUT2D eigenvalue weighted by Crippen LogP contribution is -2.26. The molecular formula is C9H11BrO. The lowest BCUT2D eigenvalue weighted by atomic mass is 9.92. The van der Waals surface area contributed by atoms with Crippen LogP contribution in [-0.2, 0) is 4.74 Å². The van der Waals surface area contributed by atoms with Gasteiger partial charge < -0.3 is 4.74 Å². The summed E-state index contributed by atoms with van der Waals surface area (Å²) in [5.41, 5.74) is 0. The quantitative estimate of drug-likeness (QED) is 0.685. The molecule has 4 aliphatic rings. The second kappa shape index (κ2) is 1.91. The molecule has 2 fully saturated rings. The van der Waals surface area contributed by atoms with E-state index in [-0.39, 0.29) is 0 Å². The number of fused-ring (bicyclic) bond motifs is 1. The van der Waals surface area contributed by atoms with Crippen LogP contribution in [0.1, 0.15) is 6.92 Å². The Morgan fingerprint density at radius 3 is 2.82 bits per heavy atom. The van der Waals surface area contributed by atoms with Crippen molar-refractivity contribution in [1.82, 2.24) is 0 Å². The summed E-state index contributed by atoms with van der Waals surface area (Å²) in [5.74, 6) is 3.87. The molecule has 2 saturated carbocycles. The summed E-state index contributed by atoms with van der Waals surface area (Å²) in [6, 6.07) is 0. The van der Waals surface area contributed by atoms with E-state index in [0.29, 0.717) is 6.10 Å². The molecule has 4 aliphatic carbocycles. The summed E-state index contributed by atoms with van der Waals surface area (Å²) in [6.07, 6.45) is 2.77. The van der Waals surface area contributed by atoms with Crippen LogP contribution in [0.2, 0.25) is 0 Å². The van der Waals surface area contributed by atoms with E-state index in [0.717, 1.165) is 30.3 Å². The third kappa shape index (κ3) is 0.701. The third-order valence-electron chi connectivity index (χ3n) is 3.26. The molecule has 0 aromatic rings. The third-order valence-corrected chi connectivity index (χ3v) is 3.98. The van der Waals surface area contributed by atoms with E-state index in [2.05, 4.69) is 28.9 Å². The van der Waals surface area contributed by atoms with Gasteiger partial charge >= 0.3 is 0 Å². The fourth-order valence-electron chi connectivity index (χ4n) is 2.60. The van der Waals surface area contributed by atoms with E-state index in [1.807, 2.05) is 0 Å². The van der Waals surface area contributed by atoms with Crippen molar-refractivity contribution in [2.24, 2.45) is 23.7 Å². The first kappa shape index (κ1) is 6.67. The summed E-state index contributed by atoms with van der Waals surface area (Å²) in [6.45, 7) is 2.91.